The highest BCUT2D eigenvalue weighted by molar-refractivity contribution is 6.34. The van der Waals surface area contributed by atoms with Crippen molar-refractivity contribution < 1.29 is 14.4 Å². The maximum Gasteiger partial charge on any atom is 0.224 e. The Balaban J connectivity index is 2.15. The molecular formula is C21H21NO3. The maximum absolute atomic E-state index is 13.3. The van der Waals surface area contributed by atoms with Crippen molar-refractivity contribution in [3.63, 3.8) is 0 Å². The molecule has 0 heterocycles. The zero-order valence-electron chi connectivity index (χ0n) is 14.5. The monoisotopic (exact) mass is 335 g/mol. The molecule has 0 spiro atoms. The largest absolute Gasteiger partial charge is 0.343 e. The summed E-state index contributed by atoms with van der Waals surface area (Å²) in [5, 5.41) is 0. The normalized spacial score (nSPS) is 15.1. The van der Waals surface area contributed by atoms with Crippen LogP contribution in [0.15, 0.2) is 54.6 Å². The van der Waals surface area contributed by atoms with Crippen LogP contribution in [-0.2, 0) is 10.2 Å². The average Bonchev–Trinajstić information content (AvgIpc) is 2.86. The Morgan fingerprint density at radius 3 is 1.80 bits per heavy atom. The molecule has 0 saturated heterocycles. The van der Waals surface area contributed by atoms with Crippen molar-refractivity contribution in [1.82, 2.24) is 4.90 Å². The lowest BCUT2D eigenvalue weighted by molar-refractivity contribution is -0.131. The van der Waals surface area contributed by atoms with Gasteiger partial charge in [0.1, 0.15) is 5.41 Å². The van der Waals surface area contributed by atoms with E-state index in [4.69, 9.17) is 0 Å². The third kappa shape index (κ3) is 2.58. The Morgan fingerprint density at radius 2 is 1.32 bits per heavy atom. The molecule has 0 bridgehead atoms. The van der Waals surface area contributed by atoms with Crippen molar-refractivity contribution >= 4 is 17.5 Å². The third-order valence-corrected chi connectivity index (χ3v) is 4.99. The van der Waals surface area contributed by atoms with Gasteiger partial charge < -0.3 is 4.90 Å². The van der Waals surface area contributed by atoms with Crippen LogP contribution >= 0.6 is 0 Å². The van der Waals surface area contributed by atoms with Gasteiger partial charge in [0.2, 0.25) is 5.91 Å². The minimum Gasteiger partial charge on any atom is -0.343 e. The van der Waals surface area contributed by atoms with Gasteiger partial charge in [-0.2, -0.15) is 0 Å². The number of Topliss-reactive ketones (excluding diaryl/α,β-unsaturated/α-hetero) is 2. The molecule has 0 atom stereocenters. The second-order valence-corrected chi connectivity index (χ2v) is 6.22. The Hall–Kier alpha value is -2.75. The Bertz CT molecular complexity index is 787. The molecule has 0 fully saturated rings. The lowest BCUT2D eigenvalue weighted by atomic mass is 9.73. The number of ketones is 2. The first-order valence-electron chi connectivity index (χ1n) is 8.58. The quantitative estimate of drug-likeness (QED) is 0.788. The number of fused-ring (bicyclic) bond motifs is 1. The van der Waals surface area contributed by atoms with Crippen molar-refractivity contribution in [3.05, 3.63) is 71.3 Å². The second-order valence-electron chi connectivity index (χ2n) is 6.22. The molecular weight excluding hydrogens is 314 g/mol. The van der Waals surface area contributed by atoms with Gasteiger partial charge in [-0.15, -0.1) is 0 Å². The van der Waals surface area contributed by atoms with E-state index < -0.39 is 5.41 Å². The van der Waals surface area contributed by atoms with Gasteiger partial charge in [0.05, 0.1) is 6.42 Å². The molecule has 1 amide bonds. The smallest absolute Gasteiger partial charge is 0.224 e. The summed E-state index contributed by atoms with van der Waals surface area (Å²) in [6.07, 6.45) is -0.134. The van der Waals surface area contributed by atoms with Crippen molar-refractivity contribution in [3.8, 4) is 0 Å². The van der Waals surface area contributed by atoms with E-state index in [1.165, 1.54) is 0 Å². The molecule has 4 nitrogen and oxygen atoms in total. The number of amides is 1. The van der Waals surface area contributed by atoms with Crippen LogP contribution in [0.2, 0.25) is 0 Å². The van der Waals surface area contributed by atoms with Crippen LogP contribution < -0.4 is 0 Å². The first kappa shape index (κ1) is 17.1. The summed E-state index contributed by atoms with van der Waals surface area (Å²) in [5.41, 5.74) is -0.0564. The topological polar surface area (TPSA) is 54.5 Å². The fourth-order valence-electron chi connectivity index (χ4n) is 3.60. The van der Waals surface area contributed by atoms with E-state index in [9.17, 15) is 14.4 Å². The highest BCUT2D eigenvalue weighted by Gasteiger charge is 2.55. The van der Waals surface area contributed by atoms with Crippen LogP contribution in [0.1, 0.15) is 46.5 Å². The molecule has 1 aliphatic carbocycles. The zero-order valence-corrected chi connectivity index (χ0v) is 14.5. The molecule has 1 aliphatic rings. The van der Waals surface area contributed by atoms with E-state index in [1.807, 2.05) is 19.9 Å². The van der Waals surface area contributed by atoms with Crippen LogP contribution in [0, 0.1) is 0 Å². The summed E-state index contributed by atoms with van der Waals surface area (Å²) >= 11 is 0. The number of carbonyl (C=O) groups excluding carboxylic acids is 3. The van der Waals surface area contributed by atoms with Crippen LogP contribution in [-0.4, -0.2) is 35.5 Å². The third-order valence-electron chi connectivity index (χ3n) is 4.99. The zero-order chi connectivity index (χ0) is 18.0. The lowest BCUT2D eigenvalue weighted by Crippen LogP contribution is -2.44. The number of rotatable bonds is 5. The van der Waals surface area contributed by atoms with Gasteiger partial charge in [-0.3, -0.25) is 14.4 Å². The van der Waals surface area contributed by atoms with Gasteiger partial charge in [0.25, 0.3) is 0 Å². The number of nitrogens with zero attached hydrogens (tertiary/aromatic N) is 1. The summed E-state index contributed by atoms with van der Waals surface area (Å²) in [4.78, 5) is 41.0. The Kier molecular flexibility index (Phi) is 4.53. The van der Waals surface area contributed by atoms with E-state index in [2.05, 4.69) is 0 Å². The van der Waals surface area contributed by atoms with E-state index in [0.717, 1.165) is 0 Å². The maximum atomic E-state index is 13.3. The molecule has 2 aromatic carbocycles. The molecule has 0 aromatic heterocycles. The van der Waals surface area contributed by atoms with Crippen molar-refractivity contribution in [2.45, 2.75) is 25.7 Å². The van der Waals surface area contributed by atoms with Crippen molar-refractivity contribution in [2.75, 3.05) is 13.1 Å². The first-order chi connectivity index (χ1) is 12.1. The summed E-state index contributed by atoms with van der Waals surface area (Å²) in [6, 6.07) is 15.8. The van der Waals surface area contributed by atoms with Gasteiger partial charge >= 0.3 is 0 Å². The standard InChI is InChI=1S/C21H21NO3/c1-3-22(4-2)18(23)14-21(15-10-6-5-7-11-15)19(24)16-12-8-9-13-17(16)20(21)25/h5-13H,3-4,14H2,1-2H3. The van der Waals surface area contributed by atoms with Crippen LogP contribution in [0.3, 0.4) is 0 Å². The highest BCUT2D eigenvalue weighted by atomic mass is 16.2. The van der Waals surface area contributed by atoms with Crippen LogP contribution in [0.4, 0.5) is 0 Å². The minimum atomic E-state index is -1.45. The molecule has 0 N–H and O–H groups in total. The fourth-order valence-corrected chi connectivity index (χ4v) is 3.60. The highest BCUT2D eigenvalue weighted by Crippen LogP contribution is 2.42. The number of hydrogen-bond acceptors (Lipinski definition) is 3. The number of hydrogen-bond donors (Lipinski definition) is 0. The van der Waals surface area contributed by atoms with E-state index in [1.54, 1.807) is 53.4 Å². The first-order valence-corrected chi connectivity index (χ1v) is 8.58. The average molecular weight is 335 g/mol. The summed E-state index contributed by atoms with van der Waals surface area (Å²) in [7, 11) is 0. The molecule has 4 heteroatoms. The fraction of sp³-hybridized carbons (Fsp3) is 0.286. The SMILES string of the molecule is CCN(CC)C(=O)CC1(c2ccccc2)C(=O)c2ccccc2C1=O. The Morgan fingerprint density at radius 1 is 0.840 bits per heavy atom. The summed E-state index contributed by atoms with van der Waals surface area (Å²) < 4.78 is 0. The predicted molar refractivity (Wildman–Crippen MR) is 95.8 cm³/mol. The Labute approximate surface area is 147 Å². The molecule has 25 heavy (non-hydrogen) atoms. The van der Waals surface area contributed by atoms with Crippen LogP contribution in [0.25, 0.3) is 0 Å². The van der Waals surface area contributed by atoms with Gasteiger partial charge in [-0.05, 0) is 19.4 Å². The van der Waals surface area contributed by atoms with Crippen molar-refractivity contribution in [1.29, 1.82) is 0 Å². The molecule has 128 valence electrons. The predicted octanol–water partition coefficient (Wildman–Crippen LogP) is 3.26. The van der Waals surface area contributed by atoms with Crippen LogP contribution in [0.5, 0.6) is 0 Å². The van der Waals surface area contributed by atoms with Gasteiger partial charge in [0, 0.05) is 24.2 Å². The number of benzene rings is 2. The second kappa shape index (κ2) is 6.63. The molecule has 0 aliphatic heterocycles. The van der Waals surface area contributed by atoms with Gasteiger partial charge in [0.15, 0.2) is 11.6 Å². The molecule has 0 saturated carbocycles. The summed E-state index contributed by atoms with van der Waals surface area (Å²) in [6.45, 7) is 4.89. The molecule has 0 radical (unpaired) electrons. The molecule has 3 rings (SSSR count). The number of carbonyl (C=O) groups is 3. The minimum absolute atomic E-state index is 0.134. The van der Waals surface area contributed by atoms with E-state index in [-0.39, 0.29) is 23.9 Å². The molecule has 0 unspecified atom stereocenters. The van der Waals surface area contributed by atoms with E-state index >= 15 is 0 Å². The van der Waals surface area contributed by atoms with Crippen molar-refractivity contribution in [2.24, 2.45) is 0 Å². The van der Waals surface area contributed by atoms with Gasteiger partial charge in [-0.1, -0.05) is 54.6 Å². The summed E-state index contributed by atoms with van der Waals surface area (Å²) in [5.74, 6) is -0.733. The van der Waals surface area contributed by atoms with E-state index in [0.29, 0.717) is 29.8 Å². The van der Waals surface area contributed by atoms with Gasteiger partial charge in [-0.25, -0.2) is 0 Å². The lowest BCUT2D eigenvalue weighted by Gasteiger charge is -2.29. The molecule has 2 aromatic rings.